The molecule has 1 rings (SSSR count). The van der Waals surface area contributed by atoms with Crippen LogP contribution >= 0.6 is 7.82 Å². The van der Waals surface area contributed by atoms with Crippen LogP contribution in [0.2, 0.25) is 0 Å². The summed E-state index contributed by atoms with van der Waals surface area (Å²) < 4.78 is 26.4. The molecule has 1 unspecified atom stereocenters. The summed E-state index contributed by atoms with van der Waals surface area (Å²) in [5, 5.41) is 20.6. The first-order chi connectivity index (χ1) is 24.9. The predicted molar refractivity (Wildman–Crippen MR) is 203 cm³/mol. The third kappa shape index (κ3) is 25.4. The number of Topliss-reactive ketones (excluding diaryl/α,β-unsaturated/α-hetero) is 1. The topological polar surface area (TPSA) is 177 Å². The van der Waals surface area contributed by atoms with Gasteiger partial charge in [-0.2, -0.15) is 0 Å². The van der Waals surface area contributed by atoms with Gasteiger partial charge in [-0.15, -0.1) is 0 Å². The van der Waals surface area contributed by atoms with Crippen molar-refractivity contribution in [2.24, 2.45) is 17.8 Å². The highest BCUT2D eigenvalue weighted by atomic mass is 31.2. The Bertz CT molecular complexity index is 1030. The average Bonchev–Trinajstić information content (AvgIpc) is 3.37. The average molecular weight is 761 g/mol. The van der Waals surface area contributed by atoms with E-state index < -0.39 is 44.7 Å². The number of unbranched alkanes of at least 4 members (excludes halogenated alkanes) is 14. The standard InChI is InChI=1S/C40H73O11P/c1-4-6-17-23-33(41)27-28-36-35(37(42)29-38(36)43)24-19-15-16-21-26-40(45)51-34(31-50-52(46,47)48)30-49-39(44)25-20-14-12-10-8-7-9-11-13-18-22-32(3)5-2/h27-28,32-36,38,41,43H,4-26,29-31H2,1-3H3,(H2,46,47,48)/b28-27+/t32?,33-,34+,35+,36+,38+/m0/s1. The quantitative estimate of drug-likeness (QED) is 0.0218. The van der Waals surface area contributed by atoms with E-state index in [1.54, 1.807) is 12.2 Å². The van der Waals surface area contributed by atoms with Crippen molar-refractivity contribution >= 4 is 25.5 Å². The lowest BCUT2D eigenvalue weighted by atomic mass is 9.88. The van der Waals surface area contributed by atoms with Crippen molar-refractivity contribution in [3.05, 3.63) is 12.2 Å². The fraction of sp³-hybridized carbons (Fsp3) is 0.875. The Morgan fingerprint density at radius 3 is 1.96 bits per heavy atom. The van der Waals surface area contributed by atoms with E-state index in [1.807, 2.05) is 0 Å². The maximum atomic E-state index is 12.5. The molecule has 0 saturated heterocycles. The maximum Gasteiger partial charge on any atom is 0.469 e. The molecule has 0 aromatic heterocycles. The van der Waals surface area contributed by atoms with Crippen molar-refractivity contribution < 1.29 is 52.9 Å². The lowest BCUT2D eigenvalue weighted by molar-refractivity contribution is -0.161. The van der Waals surface area contributed by atoms with Crippen molar-refractivity contribution in [1.29, 1.82) is 0 Å². The first kappa shape index (κ1) is 48.4. The lowest BCUT2D eigenvalue weighted by Gasteiger charge is -2.19. The zero-order chi connectivity index (χ0) is 38.6. The second kappa shape index (κ2) is 29.7. The summed E-state index contributed by atoms with van der Waals surface area (Å²) in [6, 6.07) is 0. The second-order valence-corrected chi connectivity index (χ2v) is 16.2. The van der Waals surface area contributed by atoms with E-state index in [1.165, 1.54) is 51.4 Å². The Morgan fingerprint density at radius 2 is 1.37 bits per heavy atom. The molecule has 11 nitrogen and oxygen atoms in total. The zero-order valence-electron chi connectivity index (χ0n) is 32.6. The number of ether oxygens (including phenoxy) is 2. The van der Waals surface area contributed by atoms with E-state index >= 15 is 0 Å². The molecule has 1 fully saturated rings. The van der Waals surface area contributed by atoms with Crippen LogP contribution in [-0.2, 0) is 32.9 Å². The second-order valence-electron chi connectivity index (χ2n) is 15.0. The Hall–Kier alpha value is -1.62. The number of aliphatic hydroxyl groups excluding tert-OH is 2. The van der Waals surface area contributed by atoms with Crippen LogP contribution < -0.4 is 0 Å². The van der Waals surface area contributed by atoms with Gasteiger partial charge in [0.05, 0.1) is 18.8 Å². The molecule has 4 N–H and O–H groups in total. The zero-order valence-corrected chi connectivity index (χ0v) is 33.5. The van der Waals surface area contributed by atoms with Gasteiger partial charge in [-0.3, -0.25) is 18.9 Å². The highest BCUT2D eigenvalue weighted by Gasteiger charge is 2.39. The highest BCUT2D eigenvalue weighted by Crippen LogP contribution is 2.36. The summed E-state index contributed by atoms with van der Waals surface area (Å²) in [6.45, 7) is 5.72. The van der Waals surface area contributed by atoms with Gasteiger partial charge >= 0.3 is 19.8 Å². The molecule has 0 radical (unpaired) electrons. The van der Waals surface area contributed by atoms with E-state index in [4.69, 9.17) is 19.3 Å². The van der Waals surface area contributed by atoms with Crippen LogP contribution in [0.25, 0.3) is 0 Å². The minimum atomic E-state index is -4.82. The largest absolute Gasteiger partial charge is 0.469 e. The first-order valence-electron chi connectivity index (χ1n) is 20.5. The van der Waals surface area contributed by atoms with Crippen molar-refractivity contribution in [1.82, 2.24) is 0 Å². The minimum Gasteiger partial charge on any atom is -0.462 e. The minimum absolute atomic E-state index is 0.0367. The number of ketones is 1. The van der Waals surface area contributed by atoms with Crippen LogP contribution in [0.3, 0.4) is 0 Å². The molecule has 0 bridgehead atoms. The summed E-state index contributed by atoms with van der Waals surface area (Å²) in [4.78, 5) is 55.5. The molecule has 0 amide bonds. The molecule has 304 valence electrons. The Morgan fingerprint density at radius 1 is 0.808 bits per heavy atom. The van der Waals surface area contributed by atoms with Crippen LogP contribution in [0.1, 0.15) is 175 Å². The fourth-order valence-corrected chi connectivity index (χ4v) is 7.08. The number of carbonyl (C=O) groups is 3. The van der Waals surface area contributed by atoms with E-state index in [-0.39, 0.29) is 43.5 Å². The molecule has 52 heavy (non-hydrogen) atoms. The molecule has 1 aliphatic carbocycles. The summed E-state index contributed by atoms with van der Waals surface area (Å²) in [5.74, 6) is -0.758. The molecule has 0 aromatic carbocycles. The summed E-state index contributed by atoms with van der Waals surface area (Å²) in [7, 11) is -4.82. The van der Waals surface area contributed by atoms with E-state index in [9.17, 15) is 29.2 Å². The summed E-state index contributed by atoms with van der Waals surface area (Å²) in [6.07, 6.45) is 22.6. The van der Waals surface area contributed by atoms with E-state index in [0.717, 1.165) is 57.3 Å². The third-order valence-electron chi connectivity index (χ3n) is 10.2. The SMILES string of the molecule is CCCCC[C@H](O)/C=C/[C@H]1[C@H](O)CC(=O)[C@@H]1CCCCCCC(=O)O[C@H](COC(=O)CCCCCCCCCCCCC(C)CC)COP(=O)(O)O. The van der Waals surface area contributed by atoms with Gasteiger partial charge in [0.2, 0.25) is 0 Å². The third-order valence-corrected chi connectivity index (χ3v) is 10.7. The van der Waals surface area contributed by atoms with Crippen LogP contribution in [0.15, 0.2) is 12.2 Å². The molecular weight excluding hydrogens is 687 g/mol. The monoisotopic (exact) mass is 760 g/mol. The summed E-state index contributed by atoms with van der Waals surface area (Å²) >= 11 is 0. The van der Waals surface area contributed by atoms with Crippen molar-refractivity contribution in [3.63, 3.8) is 0 Å². The van der Waals surface area contributed by atoms with Crippen LogP contribution in [0.4, 0.5) is 0 Å². The number of esters is 2. The van der Waals surface area contributed by atoms with Crippen molar-refractivity contribution in [3.8, 4) is 0 Å². The maximum absolute atomic E-state index is 12.5. The van der Waals surface area contributed by atoms with Gasteiger partial charge in [0.15, 0.2) is 6.10 Å². The predicted octanol–water partition coefficient (Wildman–Crippen LogP) is 8.68. The van der Waals surface area contributed by atoms with Crippen molar-refractivity contribution in [2.75, 3.05) is 13.2 Å². The smallest absolute Gasteiger partial charge is 0.462 e. The Balaban J connectivity index is 2.28. The van der Waals surface area contributed by atoms with Crippen LogP contribution in [-0.4, -0.2) is 69.2 Å². The molecule has 1 saturated carbocycles. The number of rotatable bonds is 33. The number of phosphoric ester groups is 1. The molecule has 0 aliphatic heterocycles. The number of carbonyl (C=O) groups excluding carboxylic acids is 3. The lowest BCUT2D eigenvalue weighted by Crippen LogP contribution is -2.29. The van der Waals surface area contributed by atoms with Gasteiger partial charge in [0.1, 0.15) is 12.4 Å². The fourth-order valence-electron chi connectivity index (χ4n) is 6.72. The molecule has 0 heterocycles. The van der Waals surface area contributed by atoms with Gasteiger partial charge in [0.25, 0.3) is 0 Å². The molecular formula is C40H73O11P. The molecule has 0 spiro atoms. The molecule has 0 aromatic rings. The van der Waals surface area contributed by atoms with Gasteiger partial charge < -0.3 is 29.5 Å². The van der Waals surface area contributed by atoms with Gasteiger partial charge in [-0.05, 0) is 31.6 Å². The molecule has 12 heteroatoms. The Labute approximate surface area is 314 Å². The van der Waals surface area contributed by atoms with E-state index in [0.29, 0.717) is 32.1 Å². The first-order valence-corrected chi connectivity index (χ1v) is 22.0. The van der Waals surface area contributed by atoms with Crippen LogP contribution in [0, 0.1) is 17.8 Å². The van der Waals surface area contributed by atoms with Crippen molar-refractivity contribution in [2.45, 2.75) is 193 Å². The normalized spacial score (nSPS) is 19.6. The number of aliphatic hydroxyl groups is 2. The number of phosphoric acid groups is 1. The number of hydrogen-bond acceptors (Lipinski definition) is 9. The van der Waals surface area contributed by atoms with Gasteiger partial charge in [-0.25, -0.2) is 4.57 Å². The van der Waals surface area contributed by atoms with Crippen LogP contribution in [0.5, 0.6) is 0 Å². The summed E-state index contributed by atoms with van der Waals surface area (Å²) in [5.41, 5.74) is 0. The number of hydrogen-bond donors (Lipinski definition) is 4. The Kier molecular flexibility index (Phi) is 27.6. The highest BCUT2D eigenvalue weighted by molar-refractivity contribution is 7.46. The molecule has 6 atom stereocenters. The van der Waals surface area contributed by atoms with Gasteiger partial charge in [0, 0.05) is 31.1 Å². The van der Waals surface area contributed by atoms with Gasteiger partial charge in [-0.1, -0.05) is 142 Å². The molecule has 1 aliphatic rings. The van der Waals surface area contributed by atoms with E-state index in [2.05, 4.69) is 25.3 Å².